The highest BCUT2D eigenvalue weighted by molar-refractivity contribution is 5.79. The van der Waals surface area contributed by atoms with Crippen LogP contribution in [-0.2, 0) is 10.2 Å². The van der Waals surface area contributed by atoms with Crippen molar-refractivity contribution in [3.8, 4) is 0 Å². The van der Waals surface area contributed by atoms with Crippen molar-refractivity contribution in [1.29, 1.82) is 0 Å². The summed E-state index contributed by atoms with van der Waals surface area (Å²) in [7, 11) is 0. The Balaban J connectivity index is 2.35. The van der Waals surface area contributed by atoms with Crippen LogP contribution < -0.4 is 0 Å². The molecule has 1 aromatic heterocycles. The van der Waals surface area contributed by atoms with Gasteiger partial charge in [-0.25, -0.2) is 0 Å². The van der Waals surface area contributed by atoms with Gasteiger partial charge in [-0.15, -0.1) is 0 Å². The molecule has 1 heterocycles. The number of rotatable bonds is 3. The molecule has 1 N–H and O–H groups in total. The Morgan fingerprint density at radius 1 is 1.60 bits per heavy atom. The van der Waals surface area contributed by atoms with Crippen molar-refractivity contribution in [3.63, 3.8) is 0 Å². The second-order valence-corrected chi connectivity index (χ2v) is 4.68. The third-order valence-corrected chi connectivity index (χ3v) is 3.27. The monoisotopic (exact) mass is 208 g/mol. The summed E-state index contributed by atoms with van der Waals surface area (Å²) in [5.41, 5.74) is -0.0498. The summed E-state index contributed by atoms with van der Waals surface area (Å²) in [4.78, 5) is 11.2. The van der Waals surface area contributed by atoms with Gasteiger partial charge in [-0.2, -0.15) is 5.10 Å². The fraction of sp³-hybridized carbons (Fsp3) is 0.636. The lowest BCUT2D eigenvalue weighted by molar-refractivity contribution is -0.142. The van der Waals surface area contributed by atoms with Crippen molar-refractivity contribution in [2.24, 2.45) is 0 Å². The maximum absolute atomic E-state index is 11.2. The predicted molar refractivity (Wildman–Crippen MR) is 55.8 cm³/mol. The molecule has 0 radical (unpaired) electrons. The van der Waals surface area contributed by atoms with Gasteiger partial charge < -0.3 is 5.11 Å². The van der Waals surface area contributed by atoms with E-state index in [0.717, 1.165) is 18.5 Å². The molecule has 1 aliphatic rings. The molecule has 0 saturated heterocycles. The molecule has 0 unspecified atom stereocenters. The van der Waals surface area contributed by atoms with Crippen LogP contribution in [0.5, 0.6) is 0 Å². The van der Waals surface area contributed by atoms with Gasteiger partial charge in [-0.05, 0) is 39.2 Å². The highest BCUT2D eigenvalue weighted by atomic mass is 16.4. The summed E-state index contributed by atoms with van der Waals surface area (Å²) < 4.78 is 1.89. The zero-order valence-electron chi connectivity index (χ0n) is 9.10. The van der Waals surface area contributed by atoms with Gasteiger partial charge in [0.15, 0.2) is 0 Å². The highest BCUT2D eigenvalue weighted by Gasteiger charge is 2.35. The molecule has 4 nitrogen and oxygen atoms in total. The van der Waals surface area contributed by atoms with Gasteiger partial charge in [0.1, 0.15) is 5.41 Å². The van der Waals surface area contributed by atoms with Gasteiger partial charge in [0.05, 0.1) is 11.7 Å². The molecule has 82 valence electrons. The summed E-state index contributed by atoms with van der Waals surface area (Å²) in [6.45, 7) is 3.45. The molecule has 0 atom stereocenters. The van der Waals surface area contributed by atoms with Crippen LogP contribution >= 0.6 is 0 Å². The van der Waals surface area contributed by atoms with E-state index in [4.69, 9.17) is 5.11 Å². The average Bonchev–Trinajstić information content (AvgIpc) is 2.49. The van der Waals surface area contributed by atoms with E-state index in [2.05, 4.69) is 5.10 Å². The van der Waals surface area contributed by atoms with E-state index >= 15 is 0 Å². The Morgan fingerprint density at radius 2 is 2.27 bits per heavy atom. The largest absolute Gasteiger partial charge is 0.481 e. The molecular formula is C11H16N2O2. The Hall–Kier alpha value is -1.32. The number of nitrogens with zero attached hydrogens (tertiary/aromatic N) is 2. The number of hydrogen-bond donors (Lipinski definition) is 1. The molecule has 1 fully saturated rings. The van der Waals surface area contributed by atoms with Gasteiger partial charge >= 0.3 is 5.97 Å². The first-order chi connectivity index (χ1) is 7.03. The molecular weight excluding hydrogens is 192 g/mol. The predicted octanol–water partition coefficient (Wildman–Crippen LogP) is 1.97. The van der Waals surface area contributed by atoms with Gasteiger partial charge in [-0.3, -0.25) is 9.48 Å². The van der Waals surface area contributed by atoms with E-state index < -0.39 is 11.4 Å². The Bertz CT molecular complexity index is 378. The standard InChI is InChI=1S/C11H16N2O2/c1-11(2,10(14)15)9-6-7-12-13(9)8-4-3-5-8/h6-8H,3-5H2,1-2H3,(H,14,15). The number of carbonyl (C=O) groups is 1. The Labute approximate surface area is 88.9 Å². The lowest BCUT2D eigenvalue weighted by atomic mass is 9.87. The van der Waals surface area contributed by atoms with E-state index in [-0.39, 0.29) is 0 Å². The lowest BCUT2D eigenvalue weighted by Gasteiger charge is -2.30. The number of carboxylic acids is 1. The van der Waals surface area contributed by atoms with Crippen molar-refractivity contribution in [2.75, 3.05) is 0 Å². The van der Waals surface area contributed by atoms with E-state index in [0.29, 0.717) is 6.04 Å². The van der Waals surface area contributed by atoms with Crippen molar-refractivity contribution in [2.45, 2.75) is 44.6 Å². The van der Waals surface area contributed by atoms with E-state index in [9.17, 15) is 4.79 Å². The summed E-state index contributed by atoms with van der Waals surface area (Å²) in [6, 6.07) is 2.22. The minimum atomic E-state index is -0.855. The first-order valence-corrected chi connectivity index (χ1v) is 5.31. The minimum Gasteiger partial charge on any atom is -0.481 e. The summed E-state index contributed by atoms with van der Waals surface area (Å²) >= 11 is 0. The van der Waals surface area contributed by atoms with Crippen LogP contribution in [0, 0.1) is 0 Å². The second-order valence-electron chi connectivity index (χ2n) is 4.68. The molecule has 0 bridgehead atoms. The summed E-state index contributed by atoms with van der Waals surface area (Å²) in [5, 5.41) is 13.4. The molecule has 2 rings (SSSR count). The molecule has 0 spiro atoms. The van der Waals surface area contributed by atoms with Crippen molar-refractivity contribution < 1.29 is 9.90 Å². The zero-order chi connectivity index (χ0) is 11.1. The molecule has 1 saturated carbocycles. The maximum atomic E-state index is 11.2. The van der Waals surface area contributed by atoms with E-state index in [1.54, 1.807) is 20.0 Å². The average molecular weight is 208 g/mol. The third kappa shape index (κ3) is 1.54. The van der Waals surface area contributed by atoms with Crippen LogP contribution in [0.15, 0.2) is 12.3 Å². The third-order valence-electron chi connectivity index (χ3n) is 3.27. The molecule has 4 heteroatoms. The molecule has 0 aliphatic heterocycles. The van der Waals surface area contributed by atoms with E-state index in [1.165, 1.54) is 6.42 Å². The summed E-state index contributed by atoms with van der Waals surface area (Å²) in [6.07, 6.45) is 5.14. The van der Waals surface area contributed by atoms with Crippen molar-refractivity contribution in [1.82, 2.24) is 9.78 Å². The minimum absolute atomic E-state index is 0.411. The van der Waals surface area contributed by atoms with Gasteiger partial charge in [-0.1, -0.05) is 0 Å². The van der Waals surface area contributed by atoms with Gasteiger partial charge in [0.25, 0.3) is 0 Å². The van der Waals surface area contributed by atoms with Crippen LogP contribution in [0.3, 0.4) is 0 Å². The highest BCUT2D eigenvalue weighted by Crippen LogP contribution is 2.35. The first-order valence-electron chi connectivity index (χ1n) is 5.31. The summed E-state index contributed by atoms with van der Waals surface area (Å²) in [5.74, 6) is -0.802. The topological polar surface area (TPSA) is 55.1 Å². The lowest BCUT2D eigenvalue weighted by Crippen LogP contribution is -2.34. The van der Waals surface area contributed by atoms with Crippen LogP contribution in [0.25, 0.3) is 0 Å². The smallest absolute Gasteiger partial charge is 0.315 e. The second kappa shape index (κ2) is 3.36. The fourth-order valence-corrected chi connectivity index (χ4v) is 1.84. The number of hydrogen-bond acceptors (Lipinski definition) is 2. The fourth-order valence-electron chi connectivity index (χ4n) is 1.84. The quantitative estimate of drug-likeness (QED) is 0.826. The Morgan fingerprint density at radius 3 is 2.73 bits per heavy atom. The normalized spacial score (nSPS) is 17.5. The number of carboxylic acid groups (broad SMARTS) is 1. The van der Waals surface area contributed by atoms with Crippen LogP contribution in [0.2, 0.25) is 0 Å². The van der Waals surface area contributed by atoms with Crippen molar-refractivity contribution in [3.05, 3.63) is 18.0 Å². The SMILES string of the molecule is CC(C)(C(=O)O)c1ccnn1C1CCC1. The van der Waals surface area contributed by atoms with Crippen molar-refractivity contribution >= 4 is 5.97 Å². The first kappa shape index (κ1) is 10.2. The number of aromatic nitrogens is 2. The van der Waals surface area contributed by atoms with E-state index in [1.807, 2.05) is 10.7 Å². The number of aliphatic carboxylic acids is 1. The zero-order valence-corrected chi connectivity index (χ0v) is 9.10. The Kier molecular flexibility index (Phi) is 2.29. The van der Waals surface area contributed by atoms with Crippen LogP contribution in [0.4, 0.5) is 0 Å². The molecule has 1 aromatic rings. The molecule has 0 aromatic carbocycles. The van der Waals surface area contributed by atoms with Crippen LogP contribution in [-0.4, -0.2) is 20.9 Å². The van der Waals surface area contributed by atoms with Gasteiger partial charge in [0, 0.05) is 6.20 Å². The maximum Gasteiger partial charge on any atom is 0.315 e. The molecule has 15 heavy (non-hydrogen) atoms. The van der Waals surface area contributed by atoms with Gasteiger partial charge in [0.2, 0.25) is 0 Å². The van der Waals surface area contributed by atoms with Crippen LogP contribution in [0.1, 0.15) is 44.8 Å². The molecule has 0 amide bonds. The molecule has 1 aliphatic carbocycles.